The number of benzene rings is 8. The van der Waals surface area contributed by atoms with Gasteiger partial charge in [0.2, 0.25) is 0 Å². The molecular formula is C50H29N5. The van der Waals surface area contributed by atoms with Gasteiger partial charge < -0.3 is 13.7 Å². The Morgan fingerprint density at radius 2 is 0.945 bits per heavy atom. The largest absolute Gasteiger partial charge is 0.309 e. The Bertz CT molecular complexity index is 3360. The van der Waals surface area contributed by atoms with E-state index >= 15 is 0 Å². The third-order valence-corrected chi connectivity index (χ3v) is 11.0. The monoisotopic (exact) mass is 699 g/mol. The molecule has 0 bridgehead atoms. The maximum Gasteiger partial charge on any atom is 0.188 e. The van der Waals surface area contributed by atoms with E-state index in [4.69, 9.17) is 6.57 Å². The summed E-state index contributed by atoms with van der Waals surface area (Å²) in [6, 6.07) is 63.7. The van der Waals surface area contributed by atoms with E-state index in [9.17, 15) is 5.26 Å². The molecule has 0 N–H and O–H groups in total. The minimum Gasteiger partial charge on any atom is -0.309 e. The molecule has 0 amide bonds. The van der Waals surface area contributed by atoms with Crippen LogP contribution in [0.3, 0.4) is 0 Å². The fraction of sp³-hybridized carbons (Fsp3) is 0. The van der Waals surface area contributed by atoms with E-state index in [0.29, 0.717) is 11.3 Å². The van der Waals surface area contributed by atoms with Gasteiger partial charge in [0.1, 0.15) is 0 Å². The highest BCUT2D eigenvalue weighted by molar-refractivity contribution is 6.13. The van der Waals surface area contributed by atoms with Crippen LogP contribution in [0.2, 0.25) is 0 Å². The SMILES string of the molecule is [C-]#[N+]c1ccc2c(c1)c1ccc(-n3c4ccccc4c4ccccc43)cc1n2-c1cc(C#N)cc(-c2ccccc2-n2c3ccccc3c3ccccc32)c1. The molecule has 0 spiro atoms. The van der Waals surface area contributed by atoms with Gasteiger partial charge in [-0.2, -0.15) is 5.26 Å². The zero-order valence-electron chi connectivity index (χ0n) is 29.5. The molecule has 0 fully saturated rings. The molecular weight excluding hydrogens is 671 g/mol. The average Bonchev–Trinajstić information content (AvgIpc) is 3.88. The zero-order valence-corrected chi connectivity index (χ0v) is 29.5. The predicted molar refractivity (Wildman–Crippen MR) is 226 cm³/mol. The Morgan fingerprint density at radius 3 is 1.56 bits per heavy atom. The van der Waals surface area contributed by atoms with Crippen molar-refractivity contribution in [3.63, 3.8) is 0 Å². The normalized spacial score (nSPS) is 11.6. The highest BCUT2D eigenvalue weighted by atomic mass is 15.0. The molecule has 11 aromatic rings. The topological polar surface area (TPSA) is 42.9 Å². The van der Waals surface area contributed by atoms with Crippen LogP contribution in [0, 0.1) is 17.9 Å². The number of hydrogen-bond acceptors (Lipinski definition) is 1. The summed E-state index contributed by atoms with van der Waals surface area (Å²) in [5.41, 5.74) is 12.6. The van der Waals surface area contributed by atoms with Gasteiger partial charge >= 0.3 is 0 Å². The number of fused-ring (bicyclic) bond motifs is 9. The number of rotatable bonds is 4. The highest BCUT2D eigenvalue weighted by Crippen LogP contribution is 2.41. The Kier molecular flexibility index (Phi) is 6.61. The first-order valence-electron chi connectivity index (χ1n) is 18.3. The lowest BCUT2D eigenvalue weighted by atomic mass is 10.00. The van der Waals surface area contributed by atoms with E-state index in [-0.39, 0.29) is 0 Å². The molecule has 8 aromatic carbocycles. The van der Waals surface area contributed by atoms with E-state index in [1.807, 2.05) is 30.3 Å². The van der Waals surface area contributed by atoms with Crippen LogP contribution in [-0.2, 0) is 0 Å². The summed E-state index contributed by atoms with van der Waals surface area (Å²) in [4.78, 5) is 3.79. The second kappa shape index (κ2) is 11.8. The minimum atomic E-state index is 0.566. The zero-order chi connectivity index (χ0) is 36.6. The van der Waals surface area contributed by atoms with Gasteiger partial charge in [-0.05, 0) is 83.7 Å². The van der Waals surface area contributed by atoms with Crippen LogP contribution in [0.5, 0.6) is 0 Å². The fourth-order valence-electron chi connectivity index (χ4n) is 8.74. The third-order valence-electron chi connectivity index (χ3n) is 11.0. The van der Waals surface area contributed by atoms with Crippen LogP contribution in [0.25, 0.3) is 98.5 Å². The molecule has 55 heavy (non-hydrogen) atoms. The van der Waals surface area contributed by atoms with Crippen molar-refractivity contribution in [3.05, 3.63) is 193 Å². The number of nitrogens with zero attached hydrogens (tertiary/aromatic N) is 5. The van der Waals surface area contributed by atoms with Crippen molar-refractivity contribution in [3.8, 4) is 34.3 Å². The lowest BCUT2D eigenvalue weighted by Gasteiger charge is -2.16. The molecule has 0 atom stereocenters. The number of hydrogen-bond donors (Lipinski definition) is 0. The van der Waals surface area contributed by atoms with Crippen molar-refractivity contribution in [1.82, 2.24) is 13.7 Å². The molecule has 0 saturated heterocycles. The Morgan fingerprint density at radius 1 is 0.418 bits per heavy atom. The van der Waals surface area contributed by atoms with Crippen LogP contribution in [0.1, 0.15) is 5.56 Å². The van der Waals surface area contributed by atoms with Crippen LogP contribution in [0.15, 0.2) is 176 Å². The molecule has 3 aromatic heterocycles. The Balaban J connectivity index is 1.19. The summed E-state index contributed by atoms with van der Waals surface area (Å²) in [5.74, 6) is 0. The summed E-state index contributed by atoms with van der Waals surface area (Å²) in [6.45, 7) is 7.81. The van der Waals surface area contributed by atoms with Crippen LogP contribution >= 0.6 is 0 Å². The van der Waals surface area contributed by atoms with Crippen molar-refractivity contribution < 1.29 is 0 Å². The quantitative estimate of drug-likeness (QED) is 0.169. The van der Waals surface area contributed by atoms with Gasteiger partial charge in [-0.25, -0.2) is 4.85 Å². The van der Waals surface area contributed by atoms with Crippen molar-refractivity contribution in [2.75, 3.05) is 0 Å². The van der Waals surface area contributed by atoms with Gasteiger partial charge in [0.05, 0.1) is 57.0 Å². The van der Waals surface area contributed by atoms with E-state index in [1.54, 1.807) is 0 Å². The lowest BCUT2D eigenvalue weighted by Crippen LogP contribution is -2.00. The standard InChI is InChI=1S/C50H29N5/c1-52-34-22-25-49-43(29-34)42-24-23-35(53-45-18-8-3-13-38(45)39-14-4-9-19-46(39)53)30-50(42)54(49)36-27-32(31-51)26-33(28-36)37-12-2-7-17-44(37)55-47-20-10-5-15-40(47)41-16-6-11-21-48(41)55/h2-30H. The van der Waals surface area contributed by atoms with Gasteiger partial charge in [0, 0.05) is 43.9 Å². The van der Waals surface area contributed by atoms with Crippen LogP contribution < -0.4 is 0 Å². The van der Waals surface area contributed by atoms with E-state index < -0.39 is 0 Å². The molecule has 0 radical (unpaired) electrons. The molecule has 0 unspecified atom stereocenters. The number of aromatic nitrogens is 3. The molecule has 3 heterocycles. The molecule has 5 heteroatoms. The summed E-state index contributed by atoms with van der Waals surface area (Å²) >= 11 is 0. The van der Waals surface area contributed by atoms with Crippen molar-refractivity contribution >= 4 is 71.1 Å². The first-order valence-corrected chi connectivity index (χ1v) is 18.3. The molecule has 0 saturated carbocycles. The molecule has 11 rings (SSSR count). The molecule has 0 aliphatic rings. The minimum absolute atomic E-state index is 0.566. The Hall–Kier alpha value is -7.86. The van der Waals surface area contributed by atoms with Gasteiger partial charge in [0.15, 0.2) is 5.69 Å². The predicted octanol–water partition coefficient (Wildman–Crippen LogP) is 13.1. The molecule has 0 aliphatic heterocycles. The molecule has 5 nitrogen and oxygen atoms in total. The maximum absolute atomic E-state index is 10.5. The van der Waals surface area contributed by atoms with Crippen molar-refractivity contribution in [2.24, 2.45) is 0 Å². The van der Waals surface area contributed by atoms with E-state index in [1.165, 1.54) is 21.5 Å². The van der Waals surface area contributed by atoms with Crippen molar-refractivity contribution in [1.29, 1.82) is 5.26 Å². The summed E-state index contributed by atoms with van der Waals surface area (Å²) in [5, 5.41) is 17.4. The summed E-state index contributed by atoms with van der Waals surface area (Å²) in [7, 11) is 0. The fourth-order valence-corrected chi connectivity index (χ4v) is 8.74. The average molecular weight is 700 g/mol. The lowest BCUT2D eigenvalue weighted by molar-refractivity contribution is 1.15. The van der Waals surface area contributed by atoms with Gasteiger partial charge in [-0.1, -0.05) is 103 Å². The molecule has 0 aliphatic carbocycles. The first kappa shape index (κ1) is 30.7. The number of nitriles is 1. The maximum atomic E-state index is 10.5. The Labute approximate surface area is 316 Å². The van der Waals surface area contributed by atoms with E-state index in [0.717, 1.165) is 72.1 Å². The summed E-state index contributed by atoms with van der Waals surface area (Å²) in [6.07, 6.45) is 0. The summed E-state index contributed by atoms with van der Waals surface area (Å²) < 4.78 is 6.92. The smallest absolute Gasteiger partial charge is 0.188 e. The second-order valence-corrected chi connectivity index (χ2v) is 14.0. The van der Waals surface area contributed by atoms with Crippen molar-refractivity contribution in [2.45, 2.75) is 0 Å². The number of para-hydroxylation sites is 5. The second-order valence-electron chi connectivity index (χ2n) is 14.0. The first-order chi connectivity index (χ1) is 27.2. The highest BCUT2D eigenvalue weighted by Gasteiger charge is 2.20. The third kappa shape index (κ3) is 4.51. The van der Waals surface area contributed by atoms with E-state index in [2.05, 4.69) is 170 Å². The van der Waals surface area contributed by atoms with Gasteiger partial charge in [-0.15, -0.1) is 0 Å². The molecule has 254 valence electrons. The van der Waals surface area contributed by atoms with Crippen LogP contribution in [0.4, 0.5) is 5.69 Å². The van der Waals surface area contributed by atoms with Crippen LogP contribution in [-0.4, -0.2) is 13.7 Å². The van der Waals surface area contributed by atoms with Gasteiger partial charge in [-0.3, -0.25) is 0 Å². The van der Waals surface area contributed by atoms with Gasteiger partial charge in [0.25, 0.3) is 0 Å².